The molecule has 0 spiro atoms. The molecule has 108 valence electrons. The van der Waals surface area contributed by atoms with Gasteiger partial charge >= 0.3 is 0 Å². The fourth-order valence-electron chi connectivity index (χ4n) is 1.78. The van der Waals surface area contributed by atoms with E-state index in [9.17, 15) is 4.79 Å². The molecule has 0 radical (unpaired) electrons. The van der Waals surface area contributed by atoms with Crippen molar-refractivity contribution in [2.24, 2.45) is 0 Å². The first-order valence-corrected chi connectivity index (χ1v) is 7.48. The van der Waals surface area contributed by atoms with Crippen molar-refractivity contribution >= 4 is 17.7 Å². The zero-order valence-electron chi connectivity index (χ0n) is 11.5. The fraction of sp³-hybridized carbons (Fsp3) is 0.500. The number of H-pyrrole nitrogens is 1. The molecule has 1 amide bonds. The molecule has 2 heterocycles. The van der Waals surface area contributed by atoms with Crippen LogP contribution in [0, 0.1) is 6.92 Å². The maximum Gasteiger partial charge on any atom is 0.244 e. The average molecular weight is 294 g/mol. The molecule has 2 aromatic rings. The Balaban J connectivity index is 1.74. The minimum Gasteiger partial charge on any atom is -0.353 e. The van der Waals surface area contributed by atoms with Gasteiger partial charge in [-0.15, -0.1) is 5.10 Å². The highest BCUT2D eigenvalue weighted by molar-refractivity contribution is 7.99. The topological polar surface area (TPSA) is 88.5 Å². The second-order valence-electron chi connectivity index (χ2n) is 4.25. The zero-order chi connectivity index (χ0) is 14.4. The lowest BCUT2D eigenvalue weighted by Gasteiger charge is -2.15. The molecule has 1 atom stereocenters. The van der Waals surface area contributed by atoms with Crippen LogP contribution in [0.5, 0.6) is 0 Å². The van der Waals surface area contributed by atoms with Crippen LogP contribution in [0.15, 0.2) is 23.6 Å². The summed E-state index contributed by atoms with van der Waals surface area (Å²) in [7, 11) is 0. The van der Waals surface area contributed by atoms with Gasteiger partial charge in [-0.05, 0) is 19.4 Å². The van der Waals surface area contributed by atoms with E-state index in [4.69, 9.17) is 0 Å². The molecule has 0 aliphatic heterocycles. The van der Waals surface area contributed by atoms with Crippen molar-refractivity contribution in [3.63, 3.8) is 0 Å². The number of aryl methyl sites for hydroxylation is 1. The molecule has 0 saturated carbocycles. The monoisotopic (exact) mass is 294 g/mol. The van der Waals surface area contributed by atoms with Crippen LogP contribution in [0.3, 0.4) is 0 Å². The van der Waals surface area contributed by atoms with Crippen molar-refractivity contribution in [1.82, 2.24) is 30.3 Å². The molecule has 0 bridgehead atoms. The summed E-state index contributed by atoms with van der Waals surface area (Å²) in [5.74, 6) is 1.52. The van der Waals surface area contributed by atoms with E-state index in [0.717, 1.165) is 11.6 Å². The number of hydrogen-bond donors (Lipinski definition) is 2. The van der Waals surface area contributed by atoms with Crippen molar-refractivity contribution in [3.8, 4) is 0 Å². The molecule has 20 heavy (non-hydrogen) atoms. The van der Waals surface area contributed by atoms with Gasteiger partial charge in [0, 0.05) is 24.7 Å². The van der Waals surface area contributed by atoms with Gasteiger partial charge in [-0.25, -0.2) is 4.98 Å². The van der Waals surface area contributed by atoms with Gasteiger partial charge < -0.3 is 5.32 Å². The van der Waals surface area contributed by atoms with E-state index in [1.807, 2.05) is 19.9 Å². The average Bonchev–Trinajstić information content (AvgIpc) is 3.08. The van der Waals surface area contributed by atoms with Gasteiger partial charge in [0.2, 0.25) is 11.1 Å². The number of rotatable bonds is 7. The highest BCUT2D eigenvalue weighted by atomic mass is 32.2. The predicted molar refractivity (Wildman–Crippen MR) is 76.4 cm³/mol. The number of hydrogen-bond acceptors (Lipinski definition) is 5. The van der Waals surface area contributed by atoms with E-state index >= 15 is 0 Å². The molecule has 2 N–H and O–H groups in total. The first-order valence-electron chi connectivity index (χ1n) is 6.49. The van der Waals surface area contributed by atoms with Crippen molar-refractivity contribution < 1.29 is 4.79 Å². The summed E-state index contributed by atoms with van der Waals surface area (Å²) in [6.07, 6.45) is 4.19. The van der Waals surface area contributed by atoms with Gasteiger partial charge in [0.25, 0.3) is 0 Å². The Morgan fingerprint density at radius 3 is 3.05 bits per heavy atom. The largest absolute Gasteiger partial charge is 0.353 e. The van der Waals surface area contributed by atoms with E-state index < -0.39 is 0 Å². The lowest BCUT2D eigenvalue weighted by molar-refractivity contribution is -0.124. The second-order valence-corrected chi connectivity index (χ2v) is 5.32. The van der Waals surface area contributed by atoms with Gasteiger partial charge in [0.05, 0.1) is 0 Å². The Hall–Kier alpha value is -1.83. The molecule has 0 saturated heterocycles. The summed E-state index contributed by atoms with van der Waals surface area (Å²) >= 11 is 1.51. The maximum absolute atomic E-state index is 12.1. The minimum atomic E-state index is -0.249. The number of thioether (sulfide) groups is 1. The molecule has 0 unspecified atom stereocenters. The van der Waals surface area contributed by atoms with E-state index in [2.05, 4.69) is 25.6 Å². The third kappa shape index (κ3) is 3.83. The number of carbonyl (C=O) groups excluding carboxylic acids is 1. The van der Waals surface area contributed by atoms with Crippen LogP contribution in [0.1, 0.15) is 25.2 Å². The number of amides is 1. The van der Waals surface area contributed by atoms with Crippen LogP contribution in [-0.4, -0.2) is 43.2 Å². The molecular formula is C12H18N6OS. The summed E-state index contributed by atoms with van der Waals surface area (Å²) in [6.45, 7) is 4.40. The lowest BCUT2D eigenvalue weighted by atomic mass is 10.2. The van der Waals surface area contributed by atoms with Crippen LogP contribution in [-0.2, 0) is 4.79 Å². The number of nitrogens with zero attached hydrogens (tertiary/aromatic N) is 4. The van der Waals surface area contributed by atoms with Crippen LogP contribution in [0.2, 0.25) is 0 Å². The molecule has 2 rings (SSSR count). The lowest BCUT2D eigenvalue weighted by Crippen LogP contribution is -2.33. The standard InChI is InChI=1S/C12H18N6OS/c1-3-10(18-7-4-5-14-18)11(19)13-6-8-20-12-15-9(2)16-17-12/h4-5,7,10H,3,6,8H2,1-2H3,(H,13,19)(H,15,16,17)/t10-/m1/s1. The summed E-state index contributed by atoms with van der Waals surface area (Å²) in [5.41, 5.74) is 0. The molecule has 0 aliphatic carbocycles. The predicted octanol–water partition coefficient (Wildman–Crippen LogP) is 1.17. The van der Waals surface area contributed by atoms with E-state index in [0.29, 0.717) is 18.1 Å². The van der Waals surface area contributed by atoms with Gasteiger partial charge in [0.1, 0.15) is 11.9 Å². The Labute approximate surface area is 121 Å². The first kappa shape index (κ1) is 14.6. The Morgan fingerprint density at radius 1 is 1.60 bits per heavy atom. The van der Waals surface area contributed by atoms with Crippen molar-refractivity contribution in [2.45, 2.75) is 31.5 Å². The SMILES string of the molecule is CC[C@H](C(=O)NCCSc1n[nH]c(C)n1)n1cccn1. The molecule has 2 aromatic heterocycles. The van der Waals surface area contributed by atoms with Crippen LogP contribution in [0.4, 0.5) is 0 Å². The number of carbonyl (C=O) groups is 1. The Kier molecular flexibility index (Phi) is 5.16. The van der Waals surface area contributed by atoms with Crippen LogP contribution < -0.4 is 5.32 Å². The van der Waals surface area contributed by atoms with Gasteiger partial charge in [0.15, 0.2) is 0 Å². The second kappa shape index (κ2) is 7.09. The number of nitrogens with one attached hydrogen (secondary N) is 2. The first-order chi connectivity index (χ1) is 9.70. The van der Waals surface area contributed by atoms with E-state index in [-0.39, 0.29) is 11.9 Å². The zero-order valence-corrected chi connectivity index (χ0v) is 12.4. The summed E-state index contributed by atoms with van der Waals surface area (Å²) in [6, 6.07) is 1.57. The summed E-state index contributed by atoms with van der Waals surface area (Å²) in [4.78, 5) is 16.3. The fourth-order valence-corrected chi connectivity index (χ4v) is 2.48. The highest BCUT2D eigenvalue weighted by Crippen LogP contribution is 2.12. The molecule has 8 heteroatoms. The minimum absolute atomic E-state index is 0.0111. The smallest absolute Gasteiger partial charge is 0.244 e. The van der Waals surface area contributed by atoms with Crippen molar-refractivity contribution in [1.29, 1.82) is 0 Å². The molecule has 0 aromatic carbocycles. The highest BCUT2D eigenvalue weighted by Gasteiger charge is 2.17. The maximum atomic E-state index is 12.1. The molecule has 7 nitrogen and oxygen atoms in total. The van der Waals surface area contributed by atoms with Crippen LogP contribution >= 0.6 is 11.8 Å². The van der Waals surface area contributed by atoms with Gasteiger partial charge in [-0.3, -0.25) is 14.6 Å². The Morgan fingerprint density at radius 2 is 2.45 bits per heavy atom. The third-order valence-corrected chi connectivity index (χ3v) is 3.59. The number of aromatic amines is 1. The Bertz CT molecular complexity index is 538. The summed E-state index contributed by atoms with van der Waals surface area (Å²) in [5, 5.41) is 14.5. The quantitative estimate of drug-likeness (QED) is 0.591. The number of aromatic nitrogens is 5. The summed E-state index contributed by atoms with van der Waals surface area (Å²) < 4.78 is 1.68. The third-order valence-electron chi connectivity index (χ3n) is 2.74. The molecule has 0 aliphatic rings. The van der Waals surface area contributed by atoms with E-state index in [1.165, 1.54) is 11.8 Å². The normalized spacial score (nSPS) is 12.3. The van der Waals surface area contributed by atoms with Crippen molar-refractivity contribution in [2.75, 3.05) is 12.3 Å². The van der Waals surface area contributed by atoms with Gasteiger partial charge in [-0.1, -0.05) is 18.7 Å². The van der Waals surface area contributed by atoms with E-state index in [1.54, 1.807) is 17.1 Å². The molecular weight excluding hydrogens is 276 g/mol. The van der Waals surface area contributed by atoms with Crippen LogP contribution in [0.25, 0.3) is 0 Å². The molecule has 0 fully saturated rings. The van der Waals surface area contributed by atoms with Crippen molar-refractivity contribution in [3.05, 3.63) is 24.3 Å². The van der Waals surface area contributed by atoms with Gasteiger partial charge in [-0.2, -0.15) is 5.10 Å².